The topological polar surface area (TPSA) is 26.3 Å². The standard InChI is InChI=1S/C16H15ClO2S/c1-19-14-6-5-12(17)7-11(14)8-13(18)16-9-10-3-2-4-15(10)20-16/h5-7,9H,2-4,8H2,1H3. The van der Waals surface area contributed by atoms with E-state index in [-0.39, 0.29) is 5.78 Å². The lowest BCUT2D eigenvalue weighted by Gasteiger charge is -2.07. The number of ether oxygens (including phenoxy) is 1. The van der Waals surface area contributed by atoms with Crippen molar-refractivity contribution in [3.05, 3.63) is 50.2 Å². The molecule has 0 saturated carbocycles. The van der Waals surface area contributed by atoms with Gasteiger partial charge in [0.1, 0.15) is 5.75 Å². The minimum absolute atomic E-state index is 0.143. The fraction of sp³-hybridized carbons (Fsp3) is 0.312. The van der Waals surface area contributed by atoms with Gasteiger partial charge in [-0.15, -0.1) is 11.3 Å². The van der Waals surface area contributed by atoms with E-state index >= 15 is 0 Å². The summed E-state index contributed by atoms with van der Waals surface area (Å²) in [5, 5.41) is 0.627. The van der Waals surface area contributed by atoms with E-state index in [0.717, 1.165) is 23.3 Å². The molecule has 1 aliphatic carbocycles. The van der Waals surface area contributed by atoms with Gasteiger partial charge in [-0.3, -0.25) is 4.79 Å². The quantitative estimate of drug-likeness (QED) is 0.786. The van der Waals surface area contributed by atoms with Crippen molar-refractivity contribution in [3.63, 3.8) is 0 Å². The third kappa shape index (κ3) is 2.60. The number of carbonyl (C=O) groups excluding carboxylic acids is 1. The van der Waals surface area contributed by atoms with E-state index in [9.17, 15) is 4.79 Å². The molecular weight excluding hydrogens is 292 g/mol. The number of ketones is 1. The molecule has 0 radical (unpaired) electrons. The van der Waals surface area contributed by atoms with E-state index < -0.39 is 0 Å². The minimum Gasteiger partial charge on any atom is -0.496 e. The maximum Gasteiger partial charge on any atom is 0.177 e. The Morgan fingerprint density at radius 2 is 2.20 bits per heavy atom. The molecule has 0 bridgehead atoms. The lowest BCUT2D eigenvalue weighted by molar-refractivity contribution is 0.0996. The van der Waals surface area contributed by atoms with E-state index in [1.165, 1.54) is 16.9 Å². The second kappa shape index (κ2) is 5.58. The molecule has 1 heterocycles. The SMILES string of the molecule is COc1ccc(Cl)cc1CC(=O)c1cc2c(s1)CCC2. The van der Waals surface area contributed by atoms with E-state index in [2.05, 4.69) is 6.07 Å². The van der Waals surface area contributed by atoms with Gasteiger partial charge < -0.3 is 4.74 Å². The maximum atomic E-state index is 12.4. The second-order valence-corrected chi connectivity index (χ2v) is 6.54. The van der Waals surface area contributed by atoms with Gasteiger partial charge >= 0.3 is 0 Å². The molecule has 0 saturated heterocycles. The van der Waals surface area contributed by atoms with Crippen LogP contribution in [0.5, 0.6) is 5.75 Å². The molecule has 104 valence electrons. The van der Waals surface area contributed by atoms with Crippen molar-refractivity contribution in [2.45, 2.75) is 25.7 Å². The van der Waals surface area contributed by atoms with Crippen molar-refractivity contribution in [1.82, 2.24) is 0 Å². The second-order valence-electron chi connectivity index (χ2n) is 4.97. The van der Waals surface area contributed by atoms with Gasteiger partial charge in [0.05, 0.1) is 12.0 Å². The Kier molecular flexibility index (Phi) is 3.81. The number of Topliss-reactive ketones (excluding diaryl/α,β-unsaturated/α-hetero) is 1. The number of hydrogen-bond donors (Lipinski definition) is 0. The Balaban J connectivity index is 1.83. The number of aryl methyl sites for hydroxylation is 2. The summed E-state index contributed by atoms with van der Waals surface area (Å²) in [7, 11) is 1.61. The molecule has 0 atom stereocenters. The highest BCUT2D eigenvalue weighted by molar-refractivity contribution is 7.14. The predicted octanol–water partition coefficient (Wildman–Crippen LogP) is 4.32. The average Bonchev–Trinajstić information content (AvgIpc) is 2.99. The third-order valence-electron chi connectivity index (χ3n) is 3.61. The molecule has 0 spiro atoms. The first-order chi connectivity index (χ1) is 9.67. The van der Waals surface area contributed by atoms with Crippen LogP contribution < -0.4 is 4.74 Å². The van der Waals surface area contributed by atoms with Gasteiger partial charge in [0.15, 0.2) is 5.78 Å². The molecule has 20 heavy (non-hydrogen) atoms. The van der Waals surface area contributed by atoms with Crippen LogP contribution in [0.1, 0.15) is 32.1 Å². The Morgan fingerprint density at radius 1 is 1.35 bits per heavy atom. The van der Waals surface area contributed by atoms with E-state index in [0.29, 0.717) is 17.2 Å². The number of rotatable bonds is 4. The zero-order valence-corrected chi connectivity index (χ0v) is 12.8. The fourth-order valence-corrected chi connectivity index (χ4v) is 4.00. The largest absolute Gasteiger partial charge is 0.496 e. The number of carbonyl (C=O) groups is 1. The molecule has 2 aromatic rings. The maximum absolute atomic E-state index is 12.4. The summed E-state index contributed by atoms with van der Waals surface area (Å²) in [5.74, 6) is 0.858. The molecule has 3 rings (SSSR count). The summed E-state index contributed by atoms with van der Waals surface area (Å²) in [5.41, 5.74) is 2.20. The predicted molar refractivity (Wildman–Crippen MR) is 82.4 cm³/mol. The Labute approximate surface area is 127 Å². The number of methoxy groups -OCH3 is 1. The first kappa shape index (κ1) is 13.7. The molecule has 0 fully saturated rings. The number of hydrogen-bond acceptors (Lipinski definition) is 3. The Hall–Kier alpha value is -1.32. The van der Waals surface area contributed by atoms with Gasteiger partial charge in [-0.2, -0.15) is 0 Å². The van der Waals surface area contributed by atoms with Crippen LogP contribution in [0.3, 0.4) is 0 Å². The summed E-state index contributed by atoms with van der Waals surface area (Å²) in [6.45, 7) is 0. The highest BCUT2D eigenvalue weighted by Crippen LogP contribution is 2.32. The van der Waals surface area contributed by atoms with Crippen LogP contribution in [-0.2, 0) is 19.3 Å². The molecule has 0 unspecified atom stereocenters. The lowest BCUT2D eigenvalue weighted by Crippen LogP contribution is -2.03. The van der Waals surface area contributed by atoms with E-state index in [4.69, 9.17) is 16.3 Å². The monoisotopic (exact) mass is 306 g/mol. The number of fused-ring (bicyclic) bond motifs is 1. The normalized spacial score (nSPS) is 13.3. The summed E-state index contributed by atoms with van der Waals surface area (Å²) < 4.78 is 5.29. The van der Waals surface area contributed by atoms with Crippen molar-refractivity contribution in [1.29, 1.82) is 0 Å². The number of halogens is 1. The molecular formula is C16H15ClO2S. The first-order valence-corrected chi connectivity index (χ1v) is 7.84. The highest BCUT2D eigenvalue weighted by atomic mass is 35.5. The minimum atomic E-state index is 0.143. The Bertz CT molecular complexity index is 639. The van der Waals surface area contributed by atoms with Gasteiger partial charge in [-0.1, -0.05) is 11.6 Å². The highest BCUT2D eigenvalue weighted by Gasteiger charge is 2.19. The summed E-state index contributed by atoms with van der Waals surface area (Å²) in [4.78, 5) is 14.6. The molecule has 0 N–H and O–H groups in total. The van der Waals surface area contributed by atoms with Gasteiger partial charge in [0.2, 0.25) is 0 Å². The molecule has 0 aliphatic heterocycles. The zero-order chi connectivity index (χ0) is 14.1. The molecule has 1 aliphatic rings. The number of benzene rings is 1. The smallest absolute Gasteiger partial charge is 0.177 e. The molecule has 1 aromatic carbocycles. The van der Waals surface area contributed by atoms with Gasteiger partial charge in [0, 0.05) is 21.9 Å². The lowest BCUT2D eigenvalue weighted by atomic mass is 10.1. The number of thiophene rings is 1. The van der Waals surface area contributed by atoms with E-state index in [1.54, 1.807) is 36.6 Å². The zero-order valence-electron chi connectivity index (χ0n) is 11.2. The van der Waals surface area contributed by atoms with Crippen LogP contribution in [-0.4, -0.2) is 12.9 Å². The van der Waals surface area contributed by atoms with E-state index in [1.807, 2.05) is 0 Å². The summed E-state index contributed by atoms with van der Waals surface area (Å²) in [6, 6.07) is 7.44. The third-order valence-corrected chi connectivity index (χ3v) is 5.13. The van der Waals surface area contributed by atoms with Crippen LogP contribution in [0.2, 0.25) is 5.02 Å². The van der Waals surface area contributed by atoms with Gasteiger partial charge in [0.25, 0.3) is 0 Å². The van der Waals surface area contributed by atoms with Crippen LogP contribution in [0.4, 0.5) is 0 Å². The average molecular weight is 307 g/mol. The summed E-state index contributed by atoms with van der Waals surface area (Å²) >= 11 is 7.64. The molecule has 4 heteroatoms. The Morgan fingerprint density at radius 3 is 2.95 bits per heavy atom. The van der Waals surface area contributed by atoms with Crippen molar-refractivity contribution in [2.75, 3.05) is 7.11 Å². The van der Waals surface area contributed by atoms with Gasteiger partial charge in [-0.25, -0.2) is 0 Å². The molecule has 0 amide bonds. The van der Waals surface area contributed by atoms with Crippen molar-refractivity contribution in [3.8, 4) is 5.75 Å². The van der Waals surface area contributed by atoms with Crippen molar-refractivity contribution < 1.29 is 9.53 Å². The van der Waals surface area contributed by atoms with Crippen LogP contribution in [0, 0.1) is 0 Å². The van der Waals surface area contributed by atoms with Gasteiger partial charge in [-0.05, 0) is 49.1 Å². The summed E-state index contributed by atoms with van der Waals surface area (Å²) in [6.07, 6.45) is 3.79. The van der Waals surface area contributed by atoms with Crippen molar-refractivity contribution >= 4 is 28.7 Å². The van der Waals surface area contributed by atoms with Crippen LogP contribution in [0.25, 0.3) is 0 Å². The van der Waals surface area contributed by atoms with Crippen molar-refractivity contribution in [2.24, 2.45) is 0 Å². The molecule has 1 aromatic heterocycles. The molecule has 2 nitrogen and oxygen atoms in total. The first-order valence-electron chi connectivity index (χ1n) is 6.64. The fourth-order valence-electron chi connectivity index (χ4n) is 2.61. The van der Waals surface area contributed by atoms with Crippen LogP contribution >= 0.6 is 22.9 Å². The van der Waals surface area contributed by atoms with Crippen LogP contribution in [0.15, 0.2) is 24.3 Å².